The van der Waals surface area contributed by atoms with Crippen LogP contribution < -0.4 is 0 Å². The fourth-order valence-corrected chi connectivity index (χ4v) is 20.2. The van der Waals surface area contributed by atoms with Crippen molar-refractivity contribution < 1.29 is 12.3 Å². The molecule has 21 rings (SSSR count). The minimum absolute atomic E-state index is 0.00101. The van der Waals surface area contributed by atoms with Gasteiger partial charge in [-0.25, -0.2) is 0 Å². The highest BCUT2D eigenvalue weighted by molar-refractivity contribution is 6.14. The largest absolute Gasteiger partial charge is 0.309 e. The number of fused-ring (bicyclic) bond motifs is 12. The molecule has 0 unspecified atom stereocenters. The zero-order chi connectivity index (χ0) is 106. The minimum atomic E-state index is -0.496. The van der Waals surface area contributed by atoms with Crippen LogP contribution in [0.1, 0.15) is 229 Å². The first-order valence-corrected chi connectivity index (χ1v) is 49.3. The van der Waals surface area contributed by atoms with Crippen molar-refractivity contribution in [2.45, 2.75) is 216 Å². The van der Waals surface area contributed by atoms with Crippen molar-refractivity contribution in [1.82, 2.24) is 18.3 Å². The molecular weight excluding hydrogens is 1680 g/mol. The molecule has 0 spiro atoms. The Hall–Kier alpha value is -14.1. The molecule has 0 N–H and O–H groups in total. The van der Waals surface area contributed by atoms with Crippen molar-refractivity contribution in [2.75, 3.05) is 0 Å². The Bertz CT molecular complexity index is 8510. The van der Waals surface area contributed by atoms with E-state index in [1.807, 2.05) is 36.4 Å². The summed E-state index contributed by atoms with van der Waals surface area (Å²) in [5.74, 6) is 0. The Morgan fingerprint density at radius 1 is 0.187 bits per heavy atom. The van der Waals surface area contributed by atoms with E-state index in [1.165, 1.54) is 155 Å². The second-order valence-electron chi connectivity index (χ2n) is 46.1. The van der Waals surface area contributed by atoms with Crippen LogP contribution in [0, 0.1) is 6.92 Å². The van der Waals surface area contributed by atoms with Gasteiger partial charge in [0, 0.05) is 65.8 Å². The first-order chi connectivity index (χ1) is 69.7. The molecule has 4 heteroatoms. The number of aromatic nitrogens is 4. The van der Waals surface area contributed by atoms with Gasteiger partial charge in [-0.05, 0) is 235 Å². The fourth-order valence-electron chi connectivity index (χ4n) is 20.2. The van der Waals surface area contributed by atoms with Crippen LogP contribution in [0.25, 0.3) is 166 Å². The van der Waals surface area contributed by atoms with Crippen molar-refractivity contribution in [1.29, 1.82) is 0 Å². The van der Waals surface area contributed by atoms with Crippen molar-refractivity contribution in [3.05, 3.63) is 432 Å². The van der Waals surface area contributed by atoms with Crippen LogP contribution in [-0.2, 0) is 43.3 Å². The van der Waals surface area contributed by atoms with Crippen LogP contribution in [0.4, 0.5) is 0 Å². The smallest absolute Gasteiger partial charge is 0.0632 e. The monoisotopic (exact) mass is 1820 g/mol. The lowest BCUT2D eigenvalue weighted by atomic mass is 9.78. The molecule has 4 nitrogen and oxygen atoms in total. The normalized spacial score (nSPS) is 13.4. The van der Waals surface area contributed by atoms with Gasteiger partial charge in [0.15, 0.2) is 0 Å². The van der Waals surface area contributed by atoms with Gasteiger partial charge in [0.25, 0.3) is 0 Å². The molecule has 0 fully saturated rings. The minimum Gasteiger partial charge on any atom is -0.309 e. The highest BCUT2D eigenvalue weighted by Crippen LogP contribution is 2.48. The predicted molar refractivity (Wildman–Crippen MR) is 605 cm³/mol. The molecule has 139 heavy (non-hydrogen) atoms. The molecule has 21 aromatic rings. The summed E-state index contributed by atoms with van der Waals surface area (Å²) in [5.41, 5.74) is 33.4. The summed E-state index contributed by atoms with van der Waals surface area (Å²) in [5, 5.41) is 9.92. The summed E-state index contributed by atoms with van der Waals surface area (Å²) in [6.45, 7) is 56.4. The summed E-state index contributed by atoms with van der Waals surface area (Å²) >= 11 is 0. The average molecular weight is 1830 g/mol. The summed E-state index contributed by atoms with van der Waals surface area (Å²) in [6.07, 6.45) is 0. The highest BCUT2D eigenvalue weighted by atomic mass is 15.0. The Balaban J connectivity index is 0.000000130. The third-order valence-electron chi connectivity index (χ3n) is 27.4. The maximum absolute atomic E-state index is 8.90. The van der Waals surface area contributed by atoms with E-state index in [1.54, 1.807) is 19.1 Å². The van der Waals surface area contributed by atoms with Crippen LogP contribution in [0.5, 0.6) is 0 Å². The van der Waals surface area contributed by atoms with Gasteiger partial charge < -0.3 is 18.3 Å². The second kappa shape index (κ2) is 36.7. The lowest BCUT2D eigenvalue weighted by Gasteiger charge is -2.27. The first kappa shape index (κ1) is 84.2. The van der Waals surface area contributed by atoms with Crippen molar-refractivity contribution in [3.63, 3.8) is 0 Å². The molecule has 4 aromatic heterocycles. The Labute approximate surface area is 839 Å². The molecule has 0 bridgehead atoms. The quantitative estimate of drug-likeness (QED) is 0.137. The molecular formula is C135H138N4. The van der Waals surface area contributed by atoms with E-state index >= 15 is 0 Å². The second-order valence-corrected chi connectivity index (χ2v) is 46.1. The van der Waals surface area contributed by atoms with Crippen LogP contribution in [0.3, 0.4) is 0 Å². The number of hydrogen-bond acceptors (Lipinski definition) is 0. The third-order valence-corrected chi connectivity index (χ3v) is 27.4. The summed E-state index contributed by atoms with van der Waals surface area (Å²) in [7, 11) is 0. The Kier molecular flexibility index (Phi) is 22.2. The maximum atomic E-state index is 8.90. The van der Waals surface area contributed by atoms with Crippen LogP contribution in [0.2, 0.25) is 0 Å². The lowest BCUT2D eigenvalue weighted by molar-refractivity contribution is 0.567. The van der Waals surface area contributed by atoms with Crippen molar-refractivity contribution in [3.8, 4) is 78.4 Å². The molecule has 0 amide bonds. The van der Waals surface area contributed by atoms with Gasteiger partial charge in [-0.3, -0.25) is 0 Å². The highest BCUT2D eigenvalue weighted by Gasteiger charge is 2.32. The van der Waals surface area contributed by atoms with Gasteiger partial charge in [-0.15, -0.1) is 0 Å². The van der Waals surface area contributed by atoms with Crippen LogP contribution in [0.15, 0.2) is 382 Å². The fraction of sp³-hybridized carbons (Fsp3) is 0.244. The summed E-state index contributed by atoms with van der Waals surface area (Å²) in [6, 6.07) is 115. The maximum Gasteiger partial charge on any atom is 0.0632 e. The molecule has 0 aliphatic carbocycles. The number of para-hydroxylation sites is 8. The van der Waals surface area contributed by atoms with Crippen LogP contribution in [-0.4, -0.2) is 18.3 Å². The van der Waals surface area contributed by atoms with E-state index in [4.69, 9.17) is 12.3 Å². The third kappa shape index (κ3) is 19.1. The average Bonchev–Trinajstić information content (AvgIpc) is 1.47. The number of rotatable bonds is 9. The topological polar surface area (TPSA) is 19.7 Å². The van der Waals surface area contributed by atoms with Gasteiger partial charge in [-0.2, -0.15) is 0 Å². The van der Waals surface area contributed by atoms with Crippen LogP contribution >= 0.6 is 0 Å². The molecule has 0 saturated carbocycles. The molecule has 0 saturated heterocycles. The molecule has 0 radical (unpaired) electrons. The van der Waals surface area contributed by atoms with Crippen molar-refractivity contribution >= 4 is 87.2 Å². The Morgan fingerprint density at radius 2 is 0.489 bits per heavy atom. The zero-order valence-electron chi connectivity index (χ0n) is 95.0. The first-order valence-electron chi connectivity index (χ1n) is 53.8. The van der Waals surface area contributed by atoms with E-state index in [0.29, 0.717) is 16.8 Å². The van der Waals surface area contributed by atoms with E-state index < -0.39 is 18.1 Å². The van der Waals surface area contributed by atoms with E-state index in [-0.39, 0.29) is 96.3 Å². The van der Waals surface area contributed by atoms with E-state index in [0.717, 1.165) is 27.4 Å². The predicted octanol–water partition coefficient (Wildman–Crippen LogP) is 38.2. The van der Waals surface area contributed by atoms with Gasteiger partial charge in [0.2, 0.25) is 0 Å². The van der Waals surface area contributed by atoms with Crippen molar-refractivity contribution in [2.24, 2.45) is 0 Å². The number of benzene rings is 17. The van der Waals surface area contributed by atoms with E-state index in [9.17, 15) is 0 Å². The molecule has 698 valence electrons. The lowest BCUT2D eigenvalue weighted by Crippen LogP contribution is -2.18. The molecule has 17 aromatic carbocycles. The summed E-state index contributed by atoms with van der Waals surface area (Å²) in [4.78, 5) is 0. The zero-order valence-corrected chi connectivity index (χ0v) is 86.0. The molecule has 4 heterocycles. The van der Waals surface area contributed by atoms with Gasteiger partial charge in [0.1, 0.15) is 0 Å². The summed E-state index contributed by atoms with van der Waals surface area (Å²) < 4.78 is 86.2. The molecule has 0 aliphatic heterocycles. The van der Waals surface area contributed by atoms with Gasteiger partial charge >= 0.3 is 0 Å². The molecule has 0 atom stereocenters. The number of hydrogen-bond donors (Lipinski definition) is 0. The van der Waals surface area contributed by atoms with E-state index in [2.05, 4.69) is 463 Å². The standard InChI is InChI=1S/C36H41N.C35H31N.C34H29N.C30H37N/c1-34(2,3)25-19-22-30(35(4,5)6)29(23-25)24-17-20-26(21-18-24)37-32-16-11-10-13-27(32)28-14-12-15-31(33(28)37)36(7,8)9;1-24-12-10-15-26(20-24)28-21-27(25-13-6-5-7-14-25)22-29(23-28)36-33-19-9-8-16-30(33)31-17-11-18-32(34(31)36)35(2,3)4;1-34(2,3)31-19-12-18-30-29-17-10-11-20-32(29)35(33(30)31)28-22-26(24-13-6-4-7-14-24)21-27(23-28)25-15-8-5-9-16-25;1-28(2,3)20-17-21(29(4,5)6)19-22(18-20)31-26-16-11-10-13-23(26)24-14-12-15-25(27(24)31)30(7,8)9/h10-23H,1-9H3;5-23H,1-4H3;4-23H,1-3H3;10-19H,1-9H3/i;5D,6D,7D,10D,12D,13D,14D,15D,20D;;. The SMILES string of the molecule is CC(C)(C)c1cc(-n2c3ccccc3c3cccc(C(C)(C)C)c32)cc(C(C)(C)C)c1.CC(C)(C)c1ccc(C(C)(C)C)c(-c2ccc(-n3c4ccccc4c4cccc(C(C)(C)C)c43)cc2)c1.CC(C)(C)c1cccc2c3ccccc3n(-c3cc(-c4ccccc4)cc(-c4ccccc4)c3)c12.[2H]c1c([2H])c([2H])c(-c2cc(-c3c([2H])c([2H])c([2H])c(C)c3[2H])cc(-n3c4ccccc4c4cccc(C(C)(C)C)c43)c2)c([2H])c1[2H]. The van der Waals surface area contributed by atoms with Gasteiger partial charge in [0.05, 0.1) is 56.5 Å². The Morgan fingerprint density at radius 3 is 0.835 bits per heavy atom. The molecule has 0 aliphatic rings. The van der Waals surface area contributed by atoms with Gasteiger partial charge in [-0.1, -0.05) is 469 Å². The number of nitrogens with zero attached hydrogens (tertiary/aromatic N) is 4.